The fourth-order valence-corrected chi connectivity index (χ4v) is 5.37. The molecule has 0 spiro atoms. The lowest BCUT2D eigenvalue weighted by Crippen LogP contribution is -2.47. The van der Waals surface area contributed by atoms with E-state index in [9.17, 15) is 8.78 Å². The Morgan fingerprint density at radius 1 is 1.16 bits per heavy atom. The molecule has 1 nitrogen and oxygen atoms in total. The first-order valence-electron chi connectivity index (χ1n) is 7.34. The van der Waals surface area contributed by atoms with E-state index >= 15 is 0 Å². The third kappa shape index (κ3) is 1.48. The topological polar surface area (TPSA) is 26.0 Å². The summed E-state index contributed by atoms with van der Waals surface area (Å²) in [6, 6.07) is 3.88. The highest BCUT2D eigenvalue weighted by Gasteiger charge is 2.60. The summed E-state index contributed by atoms with van der Waals surface area (Å²) >= 11 is 0. The quantitative estimate of drug-likeness (QED) is 0.823. The zero-order valence-electron chi connectivity index (χ0n) is 10.9. The van der Waals surface area contributed by atoms with Gasteiger partial charge in [0, 0.05) is 17.2 Å². The highest BCUT2D eigenvalue weighted by atomic mass is 19.1. The Labute approximate surface area is 112 Å². The maximum absolute atomic E-state index is 14.1. The van der Waals surface area contributed by atoms with Gasteiger partial charge in [-0.05, 0) is 55.4 Å². The SMILES string of the molecule is NC1(c2ccc(F)cc2F)CC2CC1C1CCCC21. The van der Waals surface area contributed by atoms with Crippen molar-refractivity contribution in [1.82, 2.24) is 0 Å². The van der Waals surface area contributed by atoms with Crippen LogP contribution in [0, 0.1) is 35.3 Å². The Bertz CT molecular complexity index is 529. The molecule has 5 unspecified atom stereocenters. The van der Waals surface area contributed by atoms with Gasteiger partial charge in [-0.2, -0.15) is 0 Å². The van der Waals surface area contributed by atoms with Gasteiger partial charge in [0.15, 0.2) is 0 Å². The van der Waals surface area contributed by atoms with Crippen LogP contribution in [0.5, 0.6) is 0 Å². The summed E-state index contributed by atoms with van der Waals surface area (Å²) in [5.74, 6) is 1.56. The van der Waals surface area contributed by atoms with Gasteiger partial charge in [0.05, 0.1) is 0 Å². The Kier molecular flexibility index (Phi) is 2.36. The third-order valence-corrected chi connectivity index (χ3v) is 6.00. The van der Waals surface area contributed by atoms with Crippen LogP contribution in [-0.2, 0) is 5.54 Å². The van der Waals surface area contributed by atoms with Gasteiger partial charge < -0.3 is 5.73 Å². The van der Waals surface area contributed by atoms with Gasteiger partial charge in [0.25, 0.3) is 0 Å². The van der Waals surface area contributed by atoms with E-state index in [0.29, 0.717) is 23.3 Å². The van der Waals surface area contributed by atoms with E-state index in [1.54, 1.807) is 6.07 Å². The number of halogens is 2. The van der Waals surface area contributed by atoms with E-state index in [4.69, 9.17) is 5.73 Å². The molecule has 3 aliphatic rings. The van der Waals surface area contributed by atoms with Crippen molar-refractivity contribution in [3.8, 4) is 0 Å². The van der Waals surface area contributed by atoms with Gasteiger partial charge in [-0.15, -0.1) is 0 Å². The van der Waals surface area contributed by atoms with Crippen LogP contribution >= 0.6 is 0 Å². The summed E-state index contributed by atoms with van der Waals surface area (Å²) in [6.45, 7) is 0. The highest BCUT2D eigenvalue weighted by Crippen LogP contribution is 2.64. The van der Waals surface area contributed by atoms with E-state index in [0.717, 1.165) is 24.8 Å². The fraction of sp³-hybridized carbons (Fsp3) is 0.625. The van der Waals surface area contributed by atoms with Gasteiger partial charge in [-0.1, -0.05) is 12.5 Å². The second-order valence-corrected chi connectivity index (χ2v) is 6.73. The molecule has 1 aromatic carbocycles. The molecule has 5 atom stereocenters. The van der Waals surface area contributed by atoms with Crippen molar-refractivity contribution >= 4 is 0 Å². The maximum Gasteiger partial charge on any atom is 0.131 e. The number of benzene rings is 1. The van der Waals surface area contributed by atoms with E-state index in [1.807, 2.05) is 0 Å². The molecule has 1 aromatic rings. The van der Waals surface area contributed by atoms with Crippen LogP contribution in [0.4, 0.5) is 8.78 Å². The molecule has 3 saturated carbocycles. The lowest BCUT2D eigenvalue weighted by molar-refractivity contribution is 0.153. The predicted octanol–water partition coefficient (Wildman–Crippen LogP) is 3.57. The van der Waals surface area contributed by atoms with E-state index in [-0.39, 0.29) is 0 Å². The van der Waals surface area contributed by atoms with E-state index in [2.05, 4.69) is 0 Å². The second kappa shape index (κ2) is 3.78. The minimum Gasteiger partial charge on any atom is -0.321 e. The minimum atomic E-state index is -0.562. The lowest BCUT2D eigenvalue weighted by Gasteiger charge is -2.40. The molecule has 2 bridgehead atoms. The van der Waals surface area contributed by atoms with Crippen molar-refractivity contribution in [2.75, 3.05) is 0 Å². The normalized spacial score (nSPS) is 43.7. The van der Waals surface area contributed by atoms with Gasteiger partial charge >= 0.3 is 0 Å². The largest absolute Gasteiger partial charge is 0.321 e. The Morgan fingerprint density at radius 3 is 2.74 bits per heavy atom. The van der Waals surface area contributed by atoms with Crippen molar-refractivity contribution in [3.63, 3.8) is 0 Å². The van der Waals surface area contributed by atoms with Gasteiger partial charge in [-0.3, -0.25) is 0 Å². The lowest BCUT2D eigenvalue weighted by atomic mass is 9.68. The maximum atomic E-state index is 14.1. The van der Waals surface area contributed by atoms with Crippen LogP contribution in [0.1, 0.15) is 37.7 Å². The number of hydrogen-bond donors (Lipinski definition) is 1. The van der Waals surface area contributed by atoms with Crippen LogP contribution in [-0.4, -0.2) is 0 Å². The van der Waals surface area contributed by atoms with Crippen molar-refractivity contribution in [2.45, 2.75) is 37.6 Å². The second-order valence-electron chi connectivity index (χ2n) is 6.73. The molecule has 3 aliphatic carbocycles. The Balaban J connectivity index is 1.75. The molecular weight excluding hydrogens is 244 g/mol. The van der Waals surface area contributed by atoms with Crippen molar-refractivity contribution in [3.05, 3.63) is 35.4 Å². The summed E-state index contributed by atoms with van der Waals surface area (Å²) in [4.78, 5) is 0. The summed E-state index contributed by atoms with van der Waals surface area (Å²) in [6.07, 6.45) is 5.88. The number of nitrogens with two attached hydrogens (primary N) is 1. The van der Waals surface area contributed by atoms with Crippen LogP contribution < -0.4 is 5.73 Å². The molecule has 3 heteroatoms. The molecule has 2 N–H and O–H groups in total. The first kappa shape index (κ1) is 11.8. The molecular formula is C16H19F2N. The van der Waals surface area contributed by atoms with Crippen molar-refractivity contribution in [1.29, 1.82) is 0 Å². The smallest absolute Gasteiger partial charge is 0.131 e. The molecule has 0 radical (unpaired) electrons. The van der Waals surface area contributed by atoms with Crippen molar-refractivity contribution in [2.24, 2.45) is 29.4 Å². The van der Waals surface area contributed by atoms with Crippen molar-refractivity contribution < 1.29 is 8.78 Å². The molecule has 0 saturated heterocycles. The van der Waals surface area contributed by atoms with Crippen LogP contribution in [0.3, 0.4) is 0 Å². The van der Waals surface area contributed by atoms with E-state index in [1.165, 1.54) is 25.3 Å². The first-order chi connectivity index (χ1) is 9.09. The Morgan fingerprint density at radius 2 is 1.95 bits per heavy atom. The zero-order valence-corrected chi connectivity index (χ0v) is 10.9. The predicted molar refractivity (Wildman–Crippen MR) is 69.3 cm³/mol. The molecule has 0 amide bonds. The first-order valence-corrected chi connectivity index (χ1v) is 7.34. The summed E-state index contributed by atoms with van der Waals surface area (Å²) < 4.78 is 27.2. The summed E-state index contributed by atoms with van der Waals surface area (Å²) in [7, 11) is 0. The fourth-order valence-electron chi connectivity index (χ4n) is 5.37. The summed E-state index contributed by atoms with van der Waals surface area (Å²) in [5.41, 5.74) is 6.58. The minimum absolute atomic E-state index is 0.393. The van der Waals surface area contributed by atoms with Crippen LogP contribution in [0.15, 0.2) is 18.2 Å². The molecule has 0 aliphatic heterocycles. The molecule has 0 heterocycles. The molecule has 4 rings (SSSR count). The molecule has 19 heavy (non-hydrogen) atoms. The number of fused-ring (bicyclic) bond motifs is 5. The van der Waals surface area contributed by atoms with Crippen LogP contribution in [0.2, 0.25) is 0 Å². The van der Waals surface area contributed by atoms with Gasteiger partial charge in [0.1, 0.15) is 11.6 Å². The summed E-state index contributed by atoms with van der Waals surface area (Å²) in [5, 5.41) is 0. The standard InChI is InChI=1S/C16H19F2N/c17-10-4-5-13(15(18)7-10)16(19)8-9-6-14(16)12-3-1-2-11(9)12/h4-5,7,9,11-12,14H,1-3,6,8,19H2. The number of rotatable bonds is 1. The highest BCUT2D eigenvalue weighted by molar-refractivity contribution is 5.31. The van der Waals surface area contributed by atoms with Crippen LogP contribution in [0.25, 0.3) is 0 Å². The number of hydrogen-bond acceptors (Lipinski definition) is 1. The Hall–Kier alpha value is -0.960. The monoisotopic (exact) mass is 263 g/mol. The average Bonchev–Trinajstić information content (AvgIpc) is 2.98. The molecule has 3 fully saturated rings. The average molecular weight is 263 g/mol. The van der Waals surface area contributed by atoms with Gasteiger partial charge in [-0.25, -0.2) is 8.78 Å². The third-order valence-electron chi connectivity index (χ3n) is 6.00. The van der Waals surface area contributed by atoms with Gasteiger partial charge in [0.2, 0.25) is 0 Å². The van der Waals surface area contributed by atoms with E-state index < -0.39 is 17.2 Å². The molecule has 0 aromatic heterocycles. The molecule has 102 valence electrons. The zero-order chi connectivity index (χ0) is 13.2.